The van der Waals surface area contributed by atoms with Crippen LogP contribution in [0.25, 0.3) is 0 Å². The zero-order chi connectivity index (χ0) is 21.8. The predicted octanol–water partition coefficient (Wildman–Crippen LogP) is 3.68. The Hall–Kier alpha value is -2.42. The number of hydrogen-bond donors (Lipinski definition) is 2. The summed E-state index contributed by atoms with van der Waals surface area (Å²) < 4.78 is 28.2. The molecule has 0 radical (unpaired) electrons. The summed E-state index contributed by atoms with van der Waals surface area (Å²) in [4.78, 5) is 24.2. The first-order valence-electron chi connectivity index (χ1n) is 8.97. The molecule has 2 aromatic carbocycles. The molecule has 2 aromatic rings. The zero-order valence-corrected chi connectivity index (χ0v) is 17.9. The molecule has 9 heteroatoms. The molecule has 0 bridgehead atoms. The monoisotopic (exact) mass is 438 g/mol. The highest BCUT2D eigenvalue weighted by Crippen LogP contribution is 2.23. The molecule has 0 aliphatic carbocycles. The predicted molar refractivity (Wildman–Crippen MR) is 111 cm³/mol. The van der Waals surface area contributed by atoms with Gasteiger partial charge in [0.25, 0.3) is 5.91 Å². The van der Waals surface area contributed by atoms with Crippen LogP contribution >= 0.6 is 11.6 Å². The molecule has 2 atom stereocenters. The maximum Gasteiger partial charge on any atom is 0.338 e. The molecule has 0 aliphatic rings. The first-order valence-corrected chi connectivity index (χ1v) is 10.9. The maximum atomic E-state index is 12.3. The van der Waals surface area contributed by atoms with Gasteiger partial charge in [-0.05, 0) is 55.2 Å². The molecule has 0 fully saturated rings. The van der Waals surface area contributed by atoms with Crippen LogP contribution in [0.1, 0.15) is 49.0 Å². The second kappa shape index (κ2) is 9.39. The summed E-state index contributed by atoms with van der Waals surface area (Å²) in [7, 11) is -4.11. The van der Waals surface area contributed by atoms with Gasteiger partial charge in [0.2, 0.25) is 10.0 Å². The lowest BCUT2D eigenvalue weighted by Crippen LogP contribution is -2.30. The lowest BCUT2D eigenvalue weighted by atomic mass is 9.99. The van der Waals surface area contributed by atoms with Crippen molar-refractivity contribution in [2.45, 2.75) is 44.1 Å². The van der Waals surface area contributed by atoms with Crippen LogP contribution in [0.3, 0.4) is 0 Å². The fraction of sp³-hybridized carbons (Fsp3) is 0.300. The molecule has 1 amide bonds. The van der Waals surface area contributed by atoms with E-state index < -0.39 is 32.9 Å². The number of ether oxygens (including phenoxy) is 1. The molecule has 3 N–H and O–H groups in total. The molecule has 0 aromatic heterocycles. The van der Waals surface area contributed by atoms with E-state index in [1.165, 1.54) is 24.6 Å². The third-order valence-corrected chi connectivity index (χ3v) is 5.88. The number of esters is 1. The van der Waals surface area contributed by atoms with Gasteiger partial charge in [0, 0.05) is 5.69 Å². The fourth-order valence-electron chi connectivity index (χ4n) is 2.51. The number of carbonyl (C=O) groups is 2. The third-order valence-electron chi connectivity index (χ3n) is 4.49. The smallest absolute Gasteiger partial charge is 0.338 e. The van der Waals surface area contributed by atoms with E-state index in [2.05, 4.69) is 19.2 Å². The van der Waals surface area contributed by atoms with Gasteiger partial charge in [-0.1, -0.05) is 37.6 Å². The Bertz CT molecular complexity index is 1010. The van der Waals surface area contributed by atoms with E-state index in [4.69, 9.17) is 21.5 Å². The van der Waals surface area contributed by atoms with Crippen molar-refractivity contribution in [2.24, 2.45) is 5.14 Å². The molecule has 0 aliphatic heterocycles. The number of primary sulfonamides is 1. The number of anilines is 1. The number of sulfonamides is 1. The van der Waals surface area contributed by atoms with E-state index >= 15 is 0 Å². The summed E-state index contributed by atoms with van der Waals surface area (Å²) in [5, 5.41) is 7.63. The lowest BCUT2D eigenvalue weighted by Gasteiger charge is -2.15. The third kappa shape index (κ3) is 6.03. The second-order valence-corrected chi connectivity index (χ2v) is 8.60. The van der Waals surface area contributed by atoms with Crippen LogP contribution in [-0.2, 0) is 19.6 Å². The number of amides is 1. The van der Waals surface area contributed by atoms with Gasteiger partial charge in [-0.3, -0.25) is 4.79 Å². The number of carbonyl (C=O) groups excluding carboxylic acids is 2. The summed E-state index contributed by atoms with van der Waals surface area (Å²) in [6, 6.07) is 11.0. The van der Waals surface area contributed by atoms with Gasteiger partial charge >= 0.3 is 5.97 Å². The van der Waals surface area contributed by atoms with Crippen molar-refractivity contribution in [1.29, 1.82) is 0 Å². The van der Waals surface area contributed by atoms with Gasteiger partial charge in [-0.25, -0.2) is 18.4 Å². The van der Waals surface area contributed by atoms with Gasteiger partial charge in [0.15, 0.2) is 6.10 Å². The average molecular weight is 439 g/mol. The highest BCUT2D eigenvalue weighted by atomic mass is 35.5. The molecular weight excluding hydrogens is 416 g/mol. The number of benzene rings is 2. The van der Waals surface area contributed by atoms with Gasteiger partial charge in [-0.15, -0.1) is 0 Å². The van der Waals surface area contributed by atoms with Crippen molar-refractivity contribution in [2.75, 3.05) is 5.32 Å². The first kappa shape index (κ1) is 22.9. The summed E-state index contributed by atoms with van der Waals surface area (Å²) in [5.41, 5.74) is 1.65. The summed E-state index contributed by atoms with van der Waals surface area (Å²) in [6.07, 6.45) is -0.0957. The van der Waals surface area contributed by atoms with E-state index in [1.807, 2.05) is 12.1 Å². The highest BCUT2D eigenvalue weighted by molar-refractivity contribution is 7.89. The Morgan fingerprint density at radius 1 is 1.14 bits per heavy atom. The molecule has 0 saturated carbocycles. The lowest BCUT2D eigenvalue weighted by molar-refractivity contribution is -0.123. The normalized spacial score (nSPS) is 13.4. The van der Waals surface area contributed by atoms with Crippen molar-refractivity contribution in [3.8, 4) is 0 Å². The summed E-state index contributed by atoms with van der Waals surface area (Å²) in [6.45, 7) is 5.63. The van der Waals surface area contributed by atoms with Crippen LogP contribution in [-0.4, -0.2) is 26.4 Å². The molecular formula is C20H23ClN2O5S. The molecule has 2 rings (SSSR count). The first-order chi connectivity index (χ1) is 13.5. The Morgan fingerprint density at radius 2 is 1.76 bits per heavy atom. The standard InChI is InChI=1S/C20H23ClN2O5S/c1-4-12(2)14-5-8-16(9-6-14)23-19(24)13(3)28-20(25)15-7-10-17(21)18(11-15)29(22,26)27/h5-13H,4H2,1-3H3,(H,23,24)(H2,22,26,27)/t12-,13-/m0/s1. The molecule has 29 heavy (non-hydrogen) atoms. The van der Waals surface area contributed by atoms with Crippen molar-refractivity contribution in [1.82, 2.24) is 0 Å². The van der Waals surface area contributed by atoms with Gasteiger partial charge in [0.05, 0.1) is 10.6 Å². The minimum absolute atomic E-state index is 0.0871. The number of hydrogen-bond acceptors (Lipinski definition) is 5. The van der Waals surface area contributed by atoms with Crippen molar-refractivity contribution in [3.63, 3.8) is 0 Å². The molecule has 0 saturated heterocycles. The summed E-state index contributed by atoms with van der Waals surface area (Å²) >= 11 is 5.80. The van der Waals surface area contributed by atoms with Gasteiger partial charge in [0.1, 0.15) is 4.90 Å². The molecule has 0 spiro atoms. The van der Waals surface area contributed by atoms with E-state index in [9.17, 15) is 18.0 Å². The molecule has 7 nitrogen and oxygen atoms in total. The number of nitrogens with two attached hydrogens (primary N) is 1. The van der Waals surface area contributed by atoms with Crippen LogP contribution in [0.2, 0.25) is 5.02 Å². The van der Waals surface area contributed by atoms with E-state index in [1.54, 1.807) is 12.1 Å². The quantitative estimate of drug-likeness (QED) is 0.639. The van der Waals surface area contributed by atoms with E-state index in [-0.39, 0.29) is 10.6 Å². The minimum Gasteiger partial charge on any atom is -0.449 e. The maximum absolute atomic E-state index is 12.3. The van der Waals surface area contributed by atoms with Crippen LogP contribution in [0.4, 0.5) is 5.69 Å². The Kier molecular flexibility index (Phi) is 7.40. The van der Waals surface area contributed by atoms with Crippen LogP contribution in [0.15, 0.2) is 47.4 Å². The Balaban J connectivity index is 2.05. The van der Waals surface area contributed by atoms with Crippen molar-refractivity contribution < 1.29 is 22.7 Å². The van der Waals surface area contributed by atoms with Crippen LogP contribution in [0, 0.1) is 0 Å². The average Bonchev–Trinajstić information content (AvgIpc) is 2.67. The topological polar surface area (TPSA) is 116 Å². The molecule has 0 unspecified atom stereocenters. The van der Waals surface area contributed by atoms with Crippen molar-refractivity contribution in [3.05, 3.63) is 58.6 Å². The van der Waals surface area contributed by atoms with Crippen LogP contribution in [0.5, 0.6) is 0 Å². The minimum atomic E-state index is -4.11. The van der Waals surface area contributed by atoms with Gasteiger partial charge < -0.3 is 10.1 Å². The largest absolute Gasteiger partial charge is 0.449 e. The van der Waals surface area contributed by atoms with Crippen LogP contribution < -0.4 is 10.5 Å². The van der Waals surface area contributed by atoms with E-state index in [0.717, 1.165) is 12.5 Å². The Labute approximate surface area is 175 Å². The number of halogens is 1. The van der Waals surface area contributed by atoms with Crippen molar-refractivity contribution >= 4 is 39.2 Å². The highest BCUT2D eigenvalue weighted by Gasteiger charge is 2.22. The SMILES string of the molecule is CC[C@H](C)c1ccc(NC(=O)[C@H](C)OC(=O)c2ccc(Cl)c(S(N)(=O)=O)c2)cc1. The summed E-state index contributed by atoms with van der Waals surface area (Å²) in [5.74, 6) is -0.974. The number of nitrogens with one attached hydrogen (secondary N) is 1. The number of rotatable bonds is 7. The molecule has 156 valence electrons. The van der Waals surface area contributed by atoms with Gasteiger partial charge in [-0.2, -0.15) is 0 Å². The second-order valence-electron chi connectivity index (χ2n) is 6.66. The fourth-order valence-corrected chi connectivity index (χ4v) is 3.58. The molecule has 0 heterocycles. The Morgan fingerprint density at radius 3 is 2.31 bits per heavy atom. The zero-order valence-electron chi connectivity index (χ0n) is 16.3. The van der Waals surface area contributed by atoms with E-state index in [0.29, 0.717) is 11.6 Å².